The fourth-order valence-corrected chi connectivity index (χ4v) is 4.73. The number of rotatable bonds is 6. The Morgan fingerprint density at radius 2 is 1.60 bits per heavy atom. The van der Waals surface area contributed by atoms with Gasteiger partial charge in [0.25, 0.3) is 0 Å². The van der Waals surface area contributed by atoms with Gasteiger partial charge in [0.1, 0.15) is 0 Å². The zero-order valence-corrected chi connectivity index (χ0v) is 14.6. The number of oxime groups is 1. The molecule has 2 bridgehead atoms. The summed E-state index contributed by atoms with van der Waals surface area (Å²) in [5, 5.41) is 13.4. The van der Waals surface area contributed by atoms with Gasteiger partial charge in [0, 0.05) is 19.0 Å². The molecule has 2 aromatic rings. The van der Waals surface area contributed by atoms with Crippen molar-refractivity contribution in [1.29, 1.82) is 0 Å². The smallest absolute Gasteiger partial charge is 0.0775 e. The van der Waals surface area contributed by atoms with Crippen LogP contribution in [0.4, 0.5) is 0 Å². The number of hydrogen-bond acceptors (Lipinski definition) is 3. The van der Waals surface area contributed by atoms with E-state index in [1.807, 2.05) is 0 Å². The number of fused-ring (bicyclic) bond motifs is 2. The van der Waals surface area contributed by atoms with E-state index in [0.717, 1.165) is 25.2 Å². The van der Waals surface area contributed by atoms with Crippen LogP contribution in [0.1, 0.15) is 30.4 Å². The summed E-state index contributed by atoms with van der Waals surface area (Å²) >= 11 is 0. The second-order valence-corrected chi connectivity index (χ2v) is 7.43. The molecule has 3 atom stereocenters. The lowest BCUT2D eigenvalue weighted by molar-refractivity contribution is 0.185. The SMILES string of the molecule is O/N=C1/[C@H]2CC[C@H](C2)[C@H]1N(CCc1ccccc1)Cc1ccccc1. The first-order valence-corrected chi connectivity index (χ1v) is 9.39. The minimum absolute atomic E-state index is 0.299. The Bertz CT molecular complexity index is 713. The highest BCUT2D eigenvalue weighted by Crippen LogP contribution is 2.45. The minimum atomic E-state index is 0.299. The van der Waals surface area contributed by atoms with E-state index < -0.39 is 0 Å². The fourth-order valence-electron chi connectivity index (χ4n) is 4.73. The fraction of sp³-hybridized carbons (Fsp3) is 0.409. The predicted octanol–water partition coefficient (Wildman–Crippen LogP) is 4.36. The van der Waals surface area contributed by atoms with Crippen LogP contribution in [-0.2, 0) is 13.0 Å². The van der Waals surface area contributed by atoms with Crippen LogP contribution in [-0.4, -0.2) is 28.4 Å². The van der Waals surface area contributed by atoms with Crippen LogP contribution in [0.25, 0.3) is 0 Å². The van der Waals surface area contributed by atoms with Crippen LogP contribution in [0.5, 0.6) is 0 Å². The maximum Gasteiger partial charge on any atom is 0.0775 e. The quantitative estimate of drug-likeness (QED) is 0.629. The molecule has 2 aliphatic carbocycles. The first-order valence-electron chi connectivity index (χ1n) is 9.39. The van der Waals surface area contributed by atoms with Gasteiger partial charge in [0.2, 0.25) is 0 Å². The van der Waals surface area contributed by atoms with Crippen molar-refractivity contribution in [3.8, 4) is 0 Å². The van der Waals surface area contributed by atoms with Crippen molar-refractivity contribution in [3.63, 3.8) is 0 Å². The minimum Gasteiger partial charge on any atom is -0.411 e. The Morgan fingerprint density at radius 3 is 2.28 bits per heavy atom. The van der Waals surface area contributed by atoms with Gasteiger partial charge in [0.05, 0.1) is 11.8 Å². The van der Waals surface area contributed by atoms with Crippen molar-refractivity contribution < 1.29 is 5.21 Å². The molecule has 25 heavy (non-hydrogen) atoms. The van der Waals surface area contributed by atoms with Crippen LogP contribution in [0.15, 0.2) is 65.8 Å². The maximum atomic E-state index is 9.62. The van der Waals surface area contributed by atoms with Crippen molar-refractivity contribution in [1.82, 2.24) is 4.90 Å². The Labute approximate surface area is 150 Å². The molecular weight excluding hydrogens is 308 g/mol. The Morgan fingerprint density at radius 1 is 0.920 bits per heavy atom. The van der Waals surface area contributed by atoms with E-state index in [2.05, 4.69) is 70.7 Å². The number of nitrogens with zero attached hydrogens (tertiary/aromatic N) is 2. The van der Waals surface area contributed by atoms with Crippen LogP contribution < -0.4 is 0 Å². The molecule has 3 nitrogen and oxygen atoms in total. The molecule has 0 amide bonds. The van der Waals surface area contributed by atoms with E-state index in [0.29, 0.717) is 17.9 Å². The van der Waals surface area contributed by atoms with Gasteiger partial charge in [-0.2, -0.15) is 0 Å². The Hall–Kier alpha value is -2.13. The third-order valence-corrected chi connectivity index (χ3v) is 5.91. The molecular formula is C22H26N2O. The van der Waals surface area contributed by atoms with E-state index in [4.69, 9.17) is 0 Å². The van der Waals surface area contributed by atoms with Gasteiger partial charge < -0.3 is 5.21 Å². The van der Waals surface area contributed by atoms with Gasteiger partial charge in [-0.25, -0.2) is 0 Å². The summed E-state index contributed by atoms with van der Waals surface area (Å²) in [6.45, 7) is 1.91. The molecule has 4 rings (SSSR count). The summed E-state index contributed by atoms with van der Waals surface area (Å²) in [6.07, 6.45) is 4.68. The third-order valence-electron chi connectivity index (χ3n) is 5.91. The summed E-state index contributed by atoms with van der Waals surface area (Å²) < 4.78 is 0. The molecule has 0 heterocycles. The molecule has 1 N–H and O–H groups in total. The van der Waals surface area contributed by atoms with Gasteiger partial charge in [-0.3, -0.25) is 4.90 Å². The molecule has 3 heteroatoms. The molecule has 0 radical (unpaired) electrons. The second kappa shape index (κ2) is 7.40. The lowest BCUT2D eigenvalue weighted by Gasteiger charge is -2.35. The highest BCUT2D eigenvalue weighted by molar-refractivity contribution is 5.94. The van der Waals surface area contributed by atoms with Crippen molar-refractivity contribution in [2.75, 3.05) is 6.54 Å². The molecule has 0 saturated heterocycles. The monoisotopic (exact) mass is 334 g/mol. The zero-order chi connectivity index (χ0) is 17.1. The van der Waals surface area contributed by atoms with E-state index in [1.165, 1.54) is 30.4 Å². The number of hydrogen-bond donors (Lipinski definition) is 1. The summed E-state index contributed by atoms with van der Waals surface area (Å²) in [5.74, 6) is 1.14. The Kier molecular flexibility index (Phi) is 4.84. The summed E-state index contributed by atoms with van der Waals surface area (Å²) in [7, 11) is 0. The van der Waals surface area contributed by atoms with Gasteiger partial charge in [-0.15, -0.1) is 0 Å². The molecule has 2 fully saturated rings. The molecule has 2 aromatic carbocycles. The molecule has 0 aromatic heterocycles. The van der Waals surface area contributed by atoms with Crippen molar-refractivity contribution >= 4 is 5.71 Å². The summed E-state index contributed by atoms with van der Waals surface area (Å²) in [4.78, 5) is 2.54. The van der Waals surface area contributed by atoms with Gasteiger partial charge >= 0.3 is 0 Å². The van der Waals surface area contributed by atoms with Crippen molar-refractivity contribution in [2.24, 2.45) is 17.0 Å². The lowest BCUT2D eigenvalue weighted by atomic mass is 9.91. The van der Waals surface area contributed by atoms with Crippen LogP contribution in [0.3, 0.4) is 0 Å². The van der Waals surface area contributed by atoms with Gasteiger partial charge in [-0.05, 0) is 42.7 Å². The standard InChI is InChI=1S/C22H26N2O/c25-23-21-19-11-12-20(15-19)22(21)24(16-18-9-5-2-6-10-18)14-13-17-7-3-1-4-8-17/h1-10,19-20,22,25H,11-16H2/b23-21-/t19-,20+,22+/m0/s1. The van der Waals surface area contributed by atoms with Crippen LogP contribution in [0, 0.1) is 11.8 Å². The van der Waals surface area contributed by atoms with Crippen molar-refractivity contribution in [2.45, 2.75) is 38.3 Å². The molecule has 0 unspecified atom stereocenters. The van der Waals surface area contributed by atoms with Gasteiger partial charge in [-0.1, -0.05) is 65.8 Å². The van der Waals surface area contributed by atoms with E-state index in [9.17, 15) is 5.21 Å². The highest BCUT2D eigenvalue weighted by atomic mass is 16.4. The second-order valence-electron chi connectivity index (χ2n) is 7.43. The first-order chi connectivity index (χ1) is 12.3. The number of benzene rings is 2. The summed E-state index contributed by atoms with van der Waals surface area (Å²) in [6, 6.07) is 21.6. The average Bonchev–Trinajstić information content (AvgIpc) is 3.28. The topological polar surface area (TPSA) is 35.8 Å². The Balaban J connectivity index is 1.55. The maximum absolute atomic E-state index is 9.62. The van der Waals surface area contributed by atoms with E-state index in [1.54, 1.807) is 0 Å². The first kappa shape index (κ1) is 16.3. The predicted molar refractivity (Wildman–Crippen MR) is 101 cm³/mol. The largest absolute Gasteiger partial charge is 0.411 e. The third kappa shape index (κ3) is 3.47. The highest BCUT2D eigenvalue weighted by Gasteiger charge is 2.47. The lowest BCUT2D eigenvalue weighted by Crippen LogP contribution is -2.45. The zero-order valence-electron chi connectivity index (χ0n) is 14.6. The van der Waals surface area contributed by atoms with Crippen LogP contribution >= 0.6 is 0 Å². The van der Waals surface area contributed by atoms with Crippen LogP contribution in [0.2, 0.25) is 0 Å². The molecule has 0 aliphatic heterocycles. The van der Waals surface area contributed by atoms with Gasteiger partial charge in [0.15, 0.2) is 0 Å². The normalized spacial score (nSPS) is 26.6. The molecule has 2 aliphatic rings. The summed E-state index contributed by atoms with van der Waals surface area (Å²) in [5.41, 5.74) is 3.72. The molecule has 130 valence electrons. The molecule has 2 saturated carbocycles. The van der Waals surface area contributed by atoms with E-state index in [-0.39, 0.29) is 0 Å². The average molecular weight is 334 g/mol. The van der Waals surface area contributed by atoms with E-state index >= 15 is 0 Å². The molecule has 0 spiro atoms. The van der Waals surface area contributed by atoms with Crippen molar-refractivity contribution in [3.05, 3.63) is 71.8 Å².